The lowest BCUT2D eigenvalue weighted by atomic mass is 9.84. The van der Waals surface area contributed by atoms with Gasteiger partial charge in [0.05, 0.1) is 5.60 Å². The molecule has 0 aliphatic heterocycles. The van der Waals surface area contributed by atoms with Crippen LogP contribution in [0.4, 0.5) is 0 Å². The fraction of sp³-hybridized carbons (Fsp3) is 0.615. The number of pyridine rings is 1. The molecular formula is C13H21ClN2O. The van der Waals surface area contributed by atoms with Crippen molar-refractivity contribution in [3.8, 4) is 0 Å². The van der Waals surface area contributed by atoms with Crippen molar-refractivity contribution in [1.82, 2.24) is 9.88 Å². The Morgan fingerprint density at radius 1 is 1.41 bits per heavy atom. The molecule has 2 unspecified atom stereocenters. The van der Waals surface area contributed by atoms with E-state index in [4.69, 9.17) is 0 Å². The van der Waals surface area contributed by atoms with Gasteiger partial charge in [0.1, 0.15) is 0 Å². The Morgan fingerprint density at radius 3 is 2.65 bits per heavy atom. The van der Waals surface area contributed by atoms with Gasteiger partial charge in [-0.15, -0.1) is 12.4 Å². The van der Waals surface area contributed by atoms with Crippen molar-refractivity contribution in [2.24, 2.45) is 5.92 Å². The zero-order chi connectivity index (χ0) is 11.6. The van der Waals surface area contributed by atoms with Crippen LogP contribution in [-0.2, 0) is 5.60 Å². The first-order valence-corrected chi connectivity index (χ1v) is 5.90. The molecule has 1 N–H and O–H groups in total. The molecule has 0 amide bonds. The minimum Gasteiger partial charge on any atom is -0.385 e. The van der Waals surface area contributed by atoms with Crippen LogP contribution in [0.25, 0.3) is 0 Å². The molecule has 0 bridgehead atoms. The first-order chi connectivity index (χ1) is 7.63. The predicted octanol–water partition coefficient (Wildman–Crippen LogP) is 2.05. The highest BCUT2D eigenvalue weighted by molar-refractivity contribution is 5.85. The fourth-order valence-corrected chi connectivity index (χ4v) is 2.76. The molecule has 1 aliphatic carbocycles. The van der Waals surface area contributed by atoms with Gasteiger partial charge in [-0.3, -0.25) is 4.98 Å². The summed E-state index contributed by atoms with van der Waals surface area (Å²) < 4.78 is 0. The first-order valence-electron chi connectivity index (χ1n) is 5.90. The van der Waals surface area contributed by atoms with E-state index < -0.39 is 5.60 Å². The first kappa shape index (κ1) is 14.4. The van der Waals surface area contributed by atoms with E-state index in [9.17, 15) is 5.11 Å². The molecule has 1 fully saturated rings. The van der Waals surface area contributed by atoms with E-state index in [0.717, 1.165) is 31.4 Å². The average molecular weight is 257 g/mol. The SMILES string of the molecule is CN(C)CC1CCCC1(O)c1ccncc1.Cl. The molecule has 0 radical (unpaired) electrons. The highest BCUT2D eigenvalue weighted by atomic mass is 35.5. The van der Waals surface area contributed by atoms with Crippen LogP contribution in [0.5, 0.6) is 0 Å². The predicted molar refractivity (Wildman–Crippen MR) is 71.3 cm³/mol. The van der Waals surface area contributed by atoms with Crippen molar-refractivity contribution >= 4 is 12.4 Å². The van der Waals surface area contributed by atoms with Gasteiger partial charge >= 0.3 is 0 Å². The number of halogens is 1. The fourth-order valence-electron chi connectivity index (χ4n) is 2.76. The summed E-state index contributed by atoms with van der Waals surface area (Å²) in [6, 6.07) is 3.88. The molecule has 1 saturated carbocycles. The molecule has 1 aliphatic rings. The summed E-state index contributed by atoms with van der Waals surface area (Å²) in [7, 11) is 4.12. The zero-order valence-corrected chi connectivity index (χ0v) is 11.3. The maximum atomic E-state index is 10.8. The van der Waals surface area contributed by atoms with Crippen molar-refractivity contribution in [3.05, 3.63) is 30.1 Å². The van der Waals surface area contributed by atoms with Crippen LogP contribution >= 0.6 is 12.4 Å². The van der Waals surface area contributed by atoms with Crippen LogP contribution in [0, 0.1) is 5.92 Å². The maximum absolute atomic E-state index is 10.8. The van der Waals surface area contributed by atoms with Crippen LogP contribution < -0.4 is 0 Å². The smallest absolute Gasteiger partial charge is 0.0937 e. The van der Waals surface area contributed by atoms with E-state index in [1.807, 2.05) is 12.1 Å². The third-order valence-corrected chi connectivity index (χ3v) is 3.55. The second kappa shape index (κ2) is 5.80. The van der Waals surface area contributed by atoms with E-state index in [2.05, 4.69) is 24.0 Å². The molecule has 0 saturated heterocycles. The highest BCUT2D eigenvalue weighted by Gasteiger charge is 2.42. The summed E-state index contributed by atoms with van der Waals surface area (Å²) in [5, 5.41) is 10.8. The Balaban J connectivity index is 0.00000144. The van der Waals surface area contributed by atoms with E-state index in [-0.39, 0.29) is 12.4 Å². The lowest BCUT2D eigenvalue weighted by Gasteiger charge is -2.32. The van der Waals surface area contributed by atoms with Gasteiger partial charge in [0.25, 0.3) is 0 Å². The second-order valence-corrected chi connectivity index (χ2v) is 5.01. The third-order valence-electron chi connectivity index (χ3n) is 3.55. The maximum Gasteiger partial charge on any atom is 0.0937 e. The molecule has 3 nitrogen and oxygen atoms in total. The molecule has 4 heteroatoms. The average Bonchev–Trinajstić information content (AvgIpc) is 2.62. The minimum atomic E-state index is -0.646. The number of hydrogen-bond donors (Lipinski definition) is 1. The summed E-state index contributed by atoms with van der Waals surface area (Å²) in [5.41, 5.74) is 0.375. The van der Waals surface area contributed by atoms with Gasteiger partial charge in [0.15, 0.2) is 0 Å². The summed E-state index contributed by atoms with van der Waals surface area (Å²) in [5.74, 6) is 0.338. The van der Waals surface area contributed by atoms with Crippen LogP contribution in [0.1, 0.15) is 24.8 Å². The molecule has 1 aromatic heterocycles. The number of nitrogens with zero attached hydrogens (tertiary/aromatic N) is 2. The zero-order valence-electron chi connectivity index (χ0n) is 10.5. The molecule has 17 heavy (non-hydrogen) atoms. The highest BCUT2D eigenvalue weighted by Crippen LogP contribution is 2.43. The molecule has 2 atom stereocenters. The Bertz CT molecular complexity index is 345. The van der Waals surface area contributed by atoms with Crippen molar-refractivity contribution in [2.45, 2.75) is 24.9 Å². The van der Waals surface area contributed by atoms with Gasteiger partial charge in [0, 0.05) is 24.9 Å². The van der Waals surface area contributed by atoms with E-state index >= 15 is 0 Å². The molecule has 1 aromatic rings. The molecular weight excluding hydrogens is 236 g/mol. The normalized spacial score (nSPS) is 28.1. The largest absolute Gasteiger partial charge is 0.385 e. The van der Waals surface area contributed by atoms with Gasteiger partial charge in [0.2, 0.25) is 0 Å². The Labute approximate surface area is 109 Å². The van der Waals surface area contributed by atoms with E-state index in [0.29, 0.717) is 5.92 Å². The van der Waals surface area contributed by atoms with Crippen LogP contribution in [-0.4, -0.2) is 35.6 Å². The quantitative estimate of drug-likeness (QED) is 0.899. The molecule has 0 spiro atoms. The van der Waals surface area contributed by atoms with Gasteiger partial charge < -0.3 is 10.0 Å². The van der Waals surface area contributed by atoms with Gasteiger partial charge in [-0.25, -0.2) is 0 Å². The lowest BCUT2D eigenvalue weighted by molar-refractivity contribution is -0.0111. The lowest BCUT2D eigenvalue weighted by Crippen LogP contribution is -2.36. The van der Waals surface area contributed by atoms with Gasteiger partial charge in [-0.05, 0) is 51.1 Å². The molecule has 2 rings (SSSR count). The van der Waals surface area contributed by atoms with Crippen LogP contribution in [0.2, 0.25) is 0 Å². The second-order valence-electron chi connectivity index (χ2n) is 5.01. The van der Waals surface area contributed by atoms with E-state index in [1.54, 1.807) is 12.4 Å². The Kier molecular flexibility index (Phi) is 4.92. The summed E-state index contributed by atoms with van der Waals surface area (Å²) in [6.45, 7) is 0.943. The van der Waals surface area contributed by atoms with E-state index in [1.165, 1.54) is 0 Å². The summed E-state index contributed by atoms with van der Waals surface area (Å²) >= 11 is 0. The van der Waals surface area contributed by atoms with Gasteiger partial charge in [-0.2, -0.15) is 0 Å². The molecule has 0 aromatic carbocycles. The third kappa shape index (κ3) is 2.97. The van der Waals surface area contributed by atoms with Crippen molar-refractivity contribution in [1.29, 1.82) is 0 Å². The van der Waals surface area contributed by atoms with Crippen LogP contribution in [0.3, 0.4) is 0 Å². The Morgan fingerprint density at radius 2 is 2.06 bits per heavy atom. The minimum absolute atomic E-state index is 0. The molecule has 96 valence electrons. The number of hydrogen-bond acceptors (Lipinski definition) is 3. The van der Waals surface area contributed by atoms with Crippen molar-refractivity contribution < 1.29 is 5.11 Å². The topological polar surface area (TPSA) is 36.4 Å². The summed E-state index contributed by atoms with van der Waals surface area (Å²) in [6.07, 6.45) is 6.61. The summed E-state index contributed by atoms with van der Waals surface area (Å²) in [4.78, 5) is 6.17. The van der Waals surface area contributed by atoms with Crippen molar-refractivity contribution in [3.63, 3.8) is 0 Å². The van der Waals surface area contributed by atoms with Crippen LogP contribution in [0.15, 0.2) is 24.5 Å². The monoisotopic (exact) mass is 256 g/mol. The van der Waals surface area contributed by atoms with Crippen molar-refractivity contribution in [2.75, 3.05) is 20.6 Å². The number of rotatable bonds is 3. The molecule has 1 heterocycles. The number of aliphatic hydroxyl groups is 1. The number of aromatic nitrogens is 1. The Hall–Kier alpha value is -0.640. The van der Waals surface area contributed by atoms with Gasteiger partial charge in [-0.1, -0.05) is 0 Å². The standard InChI is InChI=1S/C13H20N2O.ClH/c1-15(2)10-12-4-3-7-13(12,16)11-5-8-14-9-6-11;/h5-6,8-9,12,16H,3-4,7,10H2,1-2H3;1H.